The second-order valence-corrected chi connectivity index (χ2v) is 4.49. The van der Waals surface area contributed by atoms with Crippen molar-refractivity contribution in [3.63, 3.8) is 0 Å². The van der Waals surface area contributed by atoms with Gasteiger partial charge in [0.1, 0.15) is 0 Å². The molecule has 19 heavy (non-hydrogen) atoms. The molecule has 102 valence electrons. The molecular weight excluding hydrogens is 254 g/mol. The number of likely N-dealkylation sites (tertiary alicyclic amines) is 1. The molecule has 7 nitrogen and oxygen atoms in total. The van der Waals surface area contributed by atoms with E-state index in [1.807, 2.05) is 0 Å². The van der Waals surface area contributed by atoms with Gasteiger partial charge in [-0.15, -0.1) is 0 Å². The van der Waals surface area contributed by atoms with E-state index in [1.165, 1.54) is 0 Å². The van der Waals surface area contributed by atoms with Crippen molar-refractivity contribution in [2.24, 2.45) is 0 Å². The Morgan fingerprint density at radius 3 is 2.05 bits per heavy atom. The van der Waals surface area contributed by atoms with Gasteiger partial charge in [0.2, 0.25) is 17.9 Å². The van der Waals surface area contributed by atoms with Crippen molar-refractivity contribution in [2.45, 2.75) is 38.2 Å². The van der Waals surface area contributed by atoms with Crippen LogP contribution in [0.3, 0.4) is 0 Å². The van der Waals surface area contributed by atoms with Crippen molar-refractivity contribution in [1.29, 1.82) is 0 Å². The second kappa shape index (κ2) is 5.29. The number of ether oxygens (including phenoxy) is 1. The Bertz CT molecular complexity index is 437. The Balaban J connectivity index is 1.82. The number of hydrogen-bond acceptors (Lipinski definition) is 6. The van der Waals surface area contributed by atoms with Gasteiger partial charge in [0.15, 0.2) is 11.6 Å². The van der Waals surface area contributed by atoms with Crippen molar-refractivity contribution in [2.75, 3.05) is 6.54 Å². The maximum absolute atomic E-state index is 11.5. The topological polar surface area (TPSA) is 97.8 Å². The molecule has 0 radical (unpaired) electrons. The van der Waals surface area contributed by atoms with Crippen LogP contribution < -0.4 is 0 Å². The summed E-state index contributed by atoms with van der Waals surface area (Å²) in [5, 5.41) is 0. The normalized spacial score (nSPS) is 20.5. The Morgan fingerprint density at radius 2 is 1.53 bits per heavy atom. The van der Waals surface area contributed by atoms with Gasteiger partial charge in [-0.1, -0.05) is 0 Å². The highest BCUT2D eigenvalue weighted by atomic mass is 16.6. The summed E-state index contributed by atoms with van der Waals surface area (Å²) in [6.07, 6.45) is -0.979. The lowest BCUT2D eigenvalue weighted by molar-refractivity contribution is -0.158. The largest absolute Gasteiger partial charge is 0.446 e. The number of esters is 1. The first kappa shape index (κ1) is 13.4. The predicted molar refractivity (Wildman–Crippen MR) is 59.7 cm³/mol. The van der Waals surface area contributed by atoms with Gasteiger partial charge in [-0.2, -0.15) is 0 Å². The van der Waals surface area contributed by atoms with Crippen LogP contribution in [-0.4, -0.2) is 46.9 Å². The minimum Gasteiger partial charge on any atom is -0.446 e. The SMILES string of the molecule is O=C(CCN1C(=O)CCC1=O)OC1C(=O)CCC1=O. The lowest BCUT2D eigenvalue weighted by atomic mass is 10.3. The van der Waals surface area contributed by atoms with Crippen molar-refractivity contribution in [3.8, 4) is 0 Å². The summed E-state index contributed by atoms with van der Waals surface area (Å²) in [6.45, 7) is -0.0639. The zero-order chi connectivity index (χ0) is 14.0. The molecule has 2 aliphatic rings. The highest BCUT2D eigenvalue weighted by Crippen LogP contribution is 2.16. The van der Waals surface area contributed by atoms with E-state index in [4.69, 9.17) is 4.74 Å². The first-order valence-electron chi connectivity index (χ1n) is 6.07. The van der Waals surface area contributed by atoms with Crippen molar-refractivity contribution in [1.82, 2.24) is 4.90 Å². The number of Topliss-reactive ketones (excluding diaryl/α,β-unsaturated/α-hetero) is 2. The lowest BCUT2D eigenvalue weighted by Crippen LogP contribution is -2.33. The first-order chi connectivity index (χ1) is 8.99. The summed E-state index contributed by atoms with van der Waals surface area (Å²) in [6, 6.07) is 0. The number of rotatable bonds is 4. The summed E-state index contributed by atoms with van der Waals surface area (Å²) in [7, 11) is 0. The summed E-state index contributed by atoms with van der Waals surface area (Å²) in [4.78, 5) is 57.6. The highest BCUT2D eigenvalue weighted by Gasteiger charge is 2.36. The number of hydrogen-bond donors (Lipinski definition) is 0. The third kappa shape index (κ3) is 2.86. The molecule has 1 aliphatic carbocycles. The highest BCUT2D eigenvalue weighted by molar-refractivity contribution is 6.12. The Hall–Kier alpha value is -2.05. The van der Waals surface area contributed by atoms with E-state index in [9.17, 15) is 24.0 Å². The van der Waals surface area contributed by atoms with Gasteiger partial charge in [-0.3, -0.25) is 28.9 Å². The van der Waals surface area contributed by atoms with E-state index in [0.29, 0.717) is 0 Å². The molecule has 0 N–H and O–H groups in total. The van der Waals surface area contributed by atoms with E-state index in [1.54, 1.807) is 0 Å². The van der Waals surface area contributed by atoms with Gasteiger partial charge in [0.05, 0.1) is 6.42 Å². The second-order valence-electron chi connectivity index (χ2n) is 4.49. The number of ketones is 2. The zero-order valence-corrected chi connectivity index (χ0v) is 10.2. The van der Waals surface area contributed by atoms with E-state index in [2.05, 4.69) is 0 Å². The average molecular weight is 267 g/mol. The zero-order valence-electron chi connectivity index (χ0n) is 10.2. The van der Waals surface area contributed by atoms with Crippen molar-refractivity contribution in [3.05, 3.63) is 0 Å². The van der Waals surface area contributed by atoms with Gasteiger partial charge >= 0.3 is 5.97 Å². The van der Waals surface area contributed by atoms with Crippen LogP contribution in [0, 0.1) is 0 Å². The van der Waals surface area contributed by atoms with E-state index >= 15 is 0 Å². The van der Waals surface area contributed by atoms with Crippen LogP contribution in [0.15, 0.2) is 0 Å². The van der Waals surface area contributed by atoms with Gasteiger partial charge < -0.3 is 4.74 Å². The smallest absolute Gasteiger partial charge is 0.308 e. The Kier molecular flexibility index (Phi) is 3.73. The minimum atomic E-state index is -1.29. The van der Waals surface area contributed by atoms with Crippen LogP contribution in [0.25, 0.3) is 0 Å². The third-order valence-electron chi connectivity index (χ3n) is 3.15. The first-order valence-corrected chi connectivity index (χ1v) is 6.07. The molecule has 0 atom stereocenters. The number of amides is 2. The molecule has 2 fully saturated rings. The molecule has 1 aliphatic heterocycles. The van der Waals surface area contributed by atoms with Crippen LogP contribution in [0.5, 0.6) is 0 Å². The summed E-state index contributed by atoms with van der Waals surface area (Å²) in [5.74, 6) is -2.17. The molecule has 1 heterocycles. The molecule has 0 aromatic heterocycles. The Labute approximate surface area is 108 Å². The maximum Gasteiger partial charge on any atom is 0.308 e. The molecule has 7 heteroatoms. The fourth-order valence-corrected chi connectivity index (χ4v) is 2.09. The quantitative estimate of drug-likeness (QED) is 0.382. The maximum atomic E-state index is 11.5. The summed E-state index contributed by atoms with van der Waals surface area (Å²) in [5.41, 5.74) is 0. The molecule has 2 amide bonds. The number of nitrogens with zero attached hydrogens (tertiary/aromatic N) is 1. The fraction of sp³-hybridized carbons (Fsp3) is 0.583. The standard InChI is InChI=1S/C12H13NO6/c14-7-1-2-8(15)12(7)19-11(18)5-6-13-9(16)3-4-10(13)17/h12H,1-6H2. The van der Waals surface area contributed by atoms with Crippen LogP contribution in [0.4, 0.5) is 0 Å². The summed E-state index contributed by atoms with van der Waals surface area (Å²) < 4.78 is 4.78. The number of imide groups is 1. The summed E-state index contributed by atoms with van der Waals surface area (Å²) >= 11 is 0. The van der Waals surface area contributed by atoms with Crippen LogP contribution in [-0.2, 0) is 28.7 Å². The van der Waals surface area contributed by atoms with Gasteiger partial charge in [-0.25, -0.2) is 0 Å². The molecule has 0 spiro atoms. The molecule has 0 unspecified atom stereocenters. The molecular formula is C12H13NO6. The molecule has 0 bridgehead atoms. The molecule has 1 saturated carbocycles. The minimum absolute atomic E-state index is 0.0639. The number of carbonyl (C=O) groups is 5. The van der Waals surface area contributed by atoms with Crippen molar-refractivity contribution >= 4 is 29.4 Å². The van der Waals surface area contributed by atoms with E-state index in [0.717, 1.165) is 4.90 Å². The van der Waals surface area contributed by atoms with Crippen LogP contribution in [0.1, 0.15) is 32.1 Å². The monoisotopic (exact) mass is 267 g/mol. The number of carbonyl (C=O) groups excluding carboxylic acids is 5. The molecule has 1 saturated heterocycles. The van der Waals surface area contributed by atoms with Crippen LogP contribution in [0.2, 0.25) is 0 Å². The average Bonchev–Trinajstić information content (AvgIpc) is 2.84. The Morgan fingerprint density at radius 1 is 1.00 bits per heavy atom. The predicted octanol–water partition coefficient (Wildman–Crippen LogP) is -0.631. The van der Waals surface area contributed by atoms with E-state index in [-0.39, 0.29) is 50.5 Å². The van der Waals surface area contributed by atoms with E-state index < -0.39 is 23.6 Å². The van der Waals surface area contributed by atoms with Crippen LogP contribution >= 0.6 is 0 Å². The van der Waals surface area contributed by atoms with Gasteiger partial charge in [0, 0.05) is 32.2 Å². The fourth-order valence-electron chi connectivity index (χ4n) is 2.09. The van der Waals surface area contributed by atoms with Gasteiger partial charge in [-0.05, 0) is 0 Å². The van der Waals surface area contributed by atoms with Gasteiger partial charge in [0.25, 0.3) is 0 Å². The molecule has 0 aromatic rings. The van der Waals surface area contributed by atoms with Crippen molar-refractivity contribution < 1.29 is 28.7 Å². The lowest BCUT2D eigenvalue weighted by Gasteiger charge is -2.14. The molecule has 2 rings (SSSR count). The third-order valence-corrected chi connectivity index (χ3v) is 3.15. The molecule has 0 aromatic carbocycles.